The maximum atomic E-state index is 13.1. The molecule has 0 N–H and O–H groups in total. The van der Waals surface area contributed by atoms with Crippen LogP contribution in [-0.4, -0.2) is 56.6 Å². The van der Waals surface area contributed by atoms with E-state index in [1.54, 1.807) is 17.1 Å². The van der Waals surface area contributed by atoms with Crippen molar-refractivity contribution < 1.29 is 9.59 Å². The minimum atomic E-state index is 0.0772. The molecule has 1 aromatic heterocycles. The van der Waals surface area contributed by atoms with Crippen LogP contribution in [0.3, 0.4) is 0 Å². The van der Waals surface area contributed by atoms with Crippen molar-refractivity contribution in [3.8, 4) is 0 Å². The van der Waals surface area contributed by atoms with E-state index in [0.717, 1.165) is 37.5 Å². The third-order valence-electron chi connectivity index (χ3n) is 7.21. The minimum absolute atomic E-state index is 0.0772. The van der Waals surface area contributed by atoms with Gasteiger partial charge in [-0.05, 0) is 43.9 Å². The summed E-state index contributed by atoms with van der Waals surface area (Å²) in [6, 6.07) is 0.344. The van der Waals surface area contributed by atoms with Crippen LogP contribution < -0.4 is 0 Å². The predicted octanol–water partition coefficient (Wildman–Crippen LogP) is 2.06. The highest BCUT2D eigenvalue weighted by Crippen LogP contribution is 2.45. The van der Waals surface area contributed by atoms with E-state index < -0.39 is 0 Å². The summed E-state index contributed by atoms with van der Waals surface area (Å²) in [6.07, 6.45) is 11.7. The van der Waals surface area contributed by atoms with E-state index in [9.17, 15) is 9.59 Å². The molecule has 4 atom stereocenters. The average molecular weight is 356 g/mol. The molecule has 6 nitrogen and oxygen atoms in total. The van der Waals surface area contributed by atoms with Crippen molar-refractivity contribution in [3.05, 3.63) is 18.0 Å². The first-order valence-electron chi connectivity index (χ1n) is 10.2. The zero-order valence-corrected chi connectivity index (χ0v) is 15.5. The van der Waals surface area contributed by atoms with Crippen molar-refractivity contribution >= 4 is 11.8 Å². The molecular weight excluding hydrogens is 328 g/mol. The number of hydrogen-bond donors (Lipinski definition) is 0. The summed E-state index contributed by atoms with van der Waals surface area (Å²) in [5, 5.41) is 4.13. The highest BCUT2D eigenvalue weighted by atomic mass is 16.2. The molecular formula is C20H28N4O2. The summed E-state index contributed by atoms with van der Waals surface area (Å²) in [7, 11) is 1.83. The SMILES string of the molecule is Cn1cc(C(=O)N2C3CCC2CN(C(=O)C2CC4CCC(C4)C2)C3)cn1. The monoisotopic (exact) mass is 356 g/mol. The average Bonchev–Trinajstić information content (AvgIpc) is 3.29. The van der Waals surface area contributed by atoms with Crippen LogP contribution >= 0.6 is 0 Å². The largest absolute Gasteiger partial charge is 0.338 e. The zero-order chi connectivity index (χ0) is 17.8. The van der Waals surface area contributed by atoms with Gasteiger partial charge in [0.15, 0.2) is 0 Å². The molecule has 4 unspecified atom stereocenters. The normalized spacial score (nSPS) is 35.8. The fraction of sp³-hybridized carbons (Fsp3) is 0.750. The number of carbonyl (C=O) groups excluding carboxylic acids is 2. The Morgan fingerprint density at radius 3 is 2.23 bits per heavy atom. The van der Waals surface area contributed by atoms with Gasteiger partial charge in [0, 0.05) is 32.3 Å². The van der Waals surface area contributed by atoms with E-state index in [0.29, 0.717) is 24.6 Å². The lowest BCUT2D eigenvalue weighted by Gasteiger charge is -2.42. The molecule has 4 fully saturated rings. The van der Waals surface area contributed by atoms with Gasteiger partial charge in [-0.3, -0.25) is 14.3 Å². The molecule has 2 aliphatic heterocycles. The van der Waals surface area contributed by atoms with E-state index in [2.05, 4.69) is 10.00 Å². The Hall–Kier alpha value is -1.85. The quantitative estimate of drug-likeness (QED) is 0.815. The molecule has 6 heteroatoms. The highest BCUT2D eigenvalue weighted by molar-refractivity contribution is 5.94. The lowest BCUT2D eigenvalue weighted by atomic mass is 9.80. The Kier molecular flexibility index (Phi) is 3.83. The van der Waals surface area contributed by atoms with Gasteiger partial charge in [-0.15, -0.1) is 0 Å². The third kappa shape index (κ3) is 2.65. The van der Waals surface area contributed by atoms with Gasteiger partial charge >= 0.3 is 0 Å². The molecule has 4 bridgehead atoms. The van der Waals surface area contributed by atoms with E-state index >= 15 is 0 Å². The summed E-state index contributed by atoms with van der Waals surface area (Å²) in [5.74, 6) is 2.25. The van der Waals surface area contributed by atoms with Crippen molar-refractivity contribution in [2.45, 2.75) is 57.0 Å². The molecule has 0 radical (unpaired) electrons. The topological polar surface area (TPSA) is 58.4 Å². The second kappa shape index (κ2) is 6.10. The van der Waals surface area contributed by atoms with Crippen molar-refractivity contribution in [3.63, 3.8) is 0 Å². The molecule has 1 aromatic rings. The number of nitrogens with zero attached hydrogens (tertiary/aromatic N) is 4. The molecule has 5 rings (SSSR count). The van der Waals surface area contributed by atoms with Crippen LogP contribution in [0.5, 0.6) is 0 Å². The van der Waals surface area contributed by atoms with E-state index in [1.807, 2.05) is 11.9 Å². The number of likely N-dealkylation sites (tertiary alicyclic amines) is 1. The molecule has 140 valence electrons. The number of rotatable bonds is 2. The smallest absolute Gasteiger partial charge is 0.257 e. The molecule has 4 aliphatic rings. The second-order valence-electron chi connectivity index (χ2n) is 8.96. The summed E-state index contributed by atoms with van der Waals surface area (Å²) in [4.78, 5) is 30.2. The Morgan fingerprint density at radius 2 is 1.65 bits per heavy atom. The fourth-order valence-corrected chi connectivity index (χ4v) is 6.06. The number of carbonyl (C=O) groups is 2. The molecule has 0 aromatic carbocycles. The summed E-state index contributed by atoms with van der Waals surface area (Å²) >= 11 is 0. The first kappa shape index (κ1) is 16.3. The van der Waals surface area contributed by atoms with Gasteiger partial charge in [-0.1, -0.05) is 12.8 Å². The molecule has 26 heavy (non-hydrogen) atoms. The molecule has 2 aliphatic carbocycles. The van der Waals surface area contributed by atoms with Crippen molar-refractivity contribution in [2.75, 3.05) is 13.1 Å². The first-order chi connectivity index (χ1) is 12.6. The Morgan fingerprint density at radius 1 is 1.00 bits per heavy atom. The van der Waals surface area contributed by atoms with Gasteiger partial charge in [0.2, 0.25) is 5.91 Å². The lowest BCUT2D eigenvalue weighted by molar-refractivity contribution is -0.140. The Balaban J connectivity index is 1.28. The summed E-state index contributed by atoms with van der Waals surface area (Å²) in [5.41, 5.74) is 0.660. The maximum absolute atomic E-state index is 13.1. The van der Waals surface area contributed by atoms with Gasteiger partial charge < -0.3 is 9.80 Å². The van der Waals surface area contributed by atoms with Crippen LogP contribution in [0.1, 0.15) is 55.3 Å². The van der Waals surface area contributed by atoms with Crippen molar-refractivity contribution in [1.29, 1.82) is 0 Å². The van der Waals surface area contributed by atoms with Crippen LogP contribution in [0, 0.1) is 17.8 Å². The fourth-order valence-electron chi connectivity index (χ4n) is 6.06. The van der Waals surface area contributed by atoms with E-state index in [1.165, 1.54) is 19.3 Å². The Labute approximate surface area is 154 Å². The van der Waals surface area contributed by atoms with Crippen LogP contribution in [0.15, 0.2) is 12.4 Å². The van der Waals surface area contributed by atoms with Crippen LogP contribution in [-0.2, 0) is 11.8 Å². The summed E-state index contributed by atoms with van der Waals surface area (Å²) in [6.45, 7) is 1.43. The van der Waals surface area contributed by atoms with Gasteiger partial charge in [-0.2, -0.15) is 5.10 Å². The first-order valence-corrected chi connectivity index (χ1v) is 10.2. The number of aryl methyl sites for hydroxylation is 1. The van der Waals surface area contributed by atoms with Crippen LogP contribution in [0.25, 0.3) is 0 Å². The standard InChI is InChI=1S/C20H28N4O2/c1-22-10-16(9-21-22)20(26)24-17-4-5-18(24)12-23(11-17)19(25)15-7-13-2-3-14(6-13)8-15/h9-10,13-15,17-18H,2-8,11-12H2,1H3. The number of hydrogen-bond acceptors (Lipinski definition) is 3. The van der Waals surface area contributed by atoms with Gasteiger partial charge in [0.1, 0.15) is 0 Å². The van der Waals surface area contributed by atoms with Gasteiger partial charge in [0.05, 0.1) is 23.8 Å². The third-order valence-corrected chi connectivity index (χ3v) is 7.21. The van der Waals surface area contributed by atoms with Crippen LogP contribution in [0.4, 0.5) is 0 Å². The second-order valence-corrected chi connectivity index (χ2v) is 8.96. The molecule has 2 saturated carbocycles. The number of piperazine rings is 1. The Bertz CT molecular complexity index is 703. The molecule has 2 amide bonds. The van der Waals surface area contributed by atoms with E-state index in [4.69, 9.17) is 0 Å². The zero-order valence-electron chi connectivity index (χ0n) is 15.5. The number of fused-ring (bicyclic) bond motifs is 4. The number of amides is 2. The van der Waals surface area contributed by atoms with E-state index in [-0.39, 0.29) is 23.9 Å². The highest BCUT2D eigenvalue weighted by Gasteiger charge is 2.46. The molecule has 0 spiro atoms. The predicted molar refractivity (Wildman–Crippen MR) is 96.3 cm³/mol. The molecule has 2 saturated heterocycles. The van der Waals surface area contributed by atoms with Crippen molar-refractivity contribution in [2.24, 2.45) is 24.8 Å². The van der Waals surface area contributed by atoms with Crippen molar-refractivity contribution in [1.82, 2.24) is 19.6 Å². The molecule has 3 heterocycles. The van der Waals surface area contributed by atoms with Gasteiger partial charge in [0.25, 0.3) is 5.91 Å². The maximum Gasteiger partial charge on any atom is 0.257 e. The lowest BCUT2D eigenvalue weighted by Crippen LogP contribution is -2.58. The minimum Gasteiger partial charge on any atom is -0.338 e. The summed E-state index contributed by atoms with van der Waals surface area (Å²) < 4.78 is 1.67. The van der Waals surface area contributed by atoms with Crippen LogP contribution in [0.2, 0.25) is 0 Å². The number of aromatic nitrogens is 2. The van der Waals surface area contributed by atoms with Gasteiger partial charge in [-0.25, -0.2) is 0 Å².